The van der Waals surface area contributed by atoms with Gasteiger partial charge >= 0.3 is 6.61 Å². The number of amides is 1. The summed E-state index contributed by atoms with van der Waals surface area (Å²) in [6, 6.07) is 22.2. The van der Waals surface area contributed by atoms with Crippen LogP contribution in [0.3, 0.4) is 0 Å². The second-order valence-electron chi connectivity index (χ2n) is 6.99. The fraction of sp³-hybridized carbons (Fsp3) is 0.0417. The van der Waals surface area contributed by atoms with Crippen LogP contribution in [-0.2, 0) is 0 Å². The zero-order valence-corrected chi connectivity index (χ0v) is 18.2. The molecule has 0 aliphatic rings. The number of hydrogen-bond donors (Lipinski definition) is 2. The lowest BCUT2D eigenvalue weighted by molar-refractivity contribution is -0.0498. The van der Waals surface area contributed by atoms with Crippen molar-refractivity contribution in [3.63, 3.8) is 0 Å². The Morgan fingerprint density at radius 2 is 1.50 bits per heavy atom. The summed E-state index contributed by atoms with van der Waals surface area (Å²) >= 11 is 5.51. The van der Waals surface area contributed by atoms with Crippen LogP contribution in [0.5, 0.6) is 11.6 Å². The molecule has 0 bridgehead atoms. The van der Waals surface area contributed by atoms with Crippen LogP contribution in [0.1, 0.15) is 10.4 Å². The molecule has 0 aliphatic carbocycles. The average molecular weight is 481 g/mol. The third kappa shape index (κ3) is 4.57. The van der Waals surface area contributed by atoms with Gasteiger partial charge in [-0.25, -0.2) is 0 Å². The van der Waals surface area contributed by atoms with E-state index in [0.29, 0.717) is 11.4 Å². The third-order valence-electron chi connectivity index (χ3n) is 4.81. The molecule has 1 heterocycles. The average Bonchev–Trinajstić information content (AvgIpc) is 2.80. The van der Waals surface area contributed by atoms with Gasteiger partial charge in [-0.05, 0) is 48.6 Å². The van der Waals surface area contributed by atoms with Gasteiger partial charge in [0.2, 0.25) is 5.88 Å². The van der Waals surface area contributed by atoms with Gasteiger partial charge in [0.15, 0.2) is 10.3 Å². The molecule has 10 heteroatoms. The first-order valence-corrected chi connectivity index (χ1v) is 10.4. The van der Waals surface area contributed by atoms with E-state index in [9.17, 15) is 23.5 Å². The maximum absolute atomic E-state index is 13.4. The van der Waals surface area contributed by atoms with Gasteiger partial charge in [-0.15, -0.1) is 0 Å². The predicted molar refractivity (Wildman–Crippen MR) is 125 cm³/mol. The number of carbonyl (C=O) groups excluding carboxylic acids is 1. The van der Waals surface area contributed by atoms with Crippen molar-refractivity contribution in [2.24, 2.45) is 0 Å². The Hall–Kier alpha value is -4.31. The quantitative estimate of drug-likeness (QED) is 0.382. The lowest BCUT2D eigenvalue weighted by atomic mass is 10.2. The van der Waals surface area contributed by atoms with Crippen LogP contribution in [0.4, 0.5) is 14.5 Å². The number of hydrogen-bond acceptors (Lipinski definition) is 5. The fourth-order valence-corrected chi connectivity index (χ4v) is 3.73. The van der Waals surface area contributed by atoms with E-state index in [1.807, 2.05) is 0 Å². The van der Waals surface area contributed by atoms with E-state index in [0.717, 1.165) is 4.57 Å². The van der Waals surface area contributed by atoms with Crippen molar-refractivity contribution in [1.82, 2.24) is 9.13 Å². The highest BCUT2D eigenvalue weighted by molar-refractivity contribution is 7.71. The highest BCUT2D eigenvalue weighted by Crippen LogP contribution is 2.24. The van der Waals surface area contributed by atoms with Crippen molar-refractivity contribution >= 4 is 23.8 Å². The molecule has 3 aromatic carbocycles. The van der Waals surface area contributed by atoms with Gasteiger partial charge in [0.05, 0.1) is 11.4 Å². The van der Waals surface area contributed by atoms with Crippen LogP contribution >= 0.6 is 12.2 Å². The van der Waals surface area contributed by atoms with Crippen molar-refractivity contribution in [1.29, 1.82) is 0 Å². The van der Waals surface area contributed by atoms with Gasteiger partial charge in [-0.2, -0.15) is 8.78 Å². The molecule has 7 nitrogen and oxygen atoms in total. The summed E-state index contributed by atoms with van der Waals surface area (Å²) in [5.74, 6) is -1.80. The van der Waals surface area contributed by atoms with Crippen LogP contribution in [0.2, 0.25) is 0 Å². The minimum Gasteiger partial charge on any atom is -0.493 e. The number of para-hydroxylation sites is 2. The number of carbonyl (C=O) groups is 1. The molecule has 1 amide bonds. The van der Waals surface area contributed by atoms with Crippen LogP contribution in [0.25, 0.3) is 11.4 Å². The second kappa shape index (κ2) is 9.67. The smallest absolute Gasteiger partial charge is 0.387 e. The Balaban J connectivity index is 1.88. The first kappa shape index (κ1) is 22.9. The summed E-state index contributed by atoms with van der Waals surface area (Å²) in [5, 5.41) is 13.4. The molecule has 0 atom stereocenters. The molecule has 4 aromatic rings. The van der Waals surface area contributed by atoms with E-state index < -0.39 is 29.5 Å². The van der Waals surface area contributed by atoms with Crippen LogP contribution in [0.15, 0.2) is 89.7 Å². The monoisotopic (exact) mass is 481 g/mol. The van der Waals surface area contributed by atoms with E-state index in [4.69, 9.17) is 12.2 Å². The molecule has 2 N–H and O–H groups in total. The number of benzene rings is 3. The number of alkyl halides is 2. The number of halogens is 2. The number of aromatic hydroxyl groups is 1. The molecule has 1 aromatic heterocycles. The minimum absolute atomic E-state index is 0.0521. The minimum atomic E-state index is -3.04. The summed E-state index contributed by atoms with van der Waals surface area (Å²) in [4.78, 5) is 26.5. The van der Waals surface area contributed by atoms with Gasteiger partial charge < -0.3 is 15.2 Å². The number of nitrogens with one attached hydrogen (secondary N) is 1. The normalized spacial score (nSPS) is 10.8. The largest absolute Gasteiger partial charge is 0.493 e. The molecule has 4 rings (SSSR count). The molecule has 0 unspecified atom stereocenters. The van der Waals surface area contributed by atoms with Gasteiger partial charge in [0.1, 0.15) is 5.75 Å². The molecule has 0 radical (unpaired) electrons. The molecule has 172 valence electrons. The maximum Gasteiger partial charge on any atom is 0.387 e. The van der Waals surface area contributed by atoms with Gasteiger partial charge in [-0.1, -0.05) is 42.5 Å². The first-order valence-electron chi connectivity index (χ1n) is 9.95. The fourth-order valence-electron chi connectivity index (χ4n) is 3.35. The molecule has 0 fully saturated rings. The van der Waals surface area contributed by atoms with E-state index in [-0.39, 0.29) is 16.2 Å². The Kier molecular flexibility index (Phi) is 6.51. The second-order valence-corrected chi connectivity index (χ2v) is 7.35. The van der Waals surface area contributed by atoms with Crippen molar-refractivity contribution < 1.29 is 23.4 Å². The highest BCUT2D eigenvalue weighted by Gasteiger charge is 2.24. The molecule has 0 saturated carbocycles. The van der Waals surface area contributed by atoms with Crippen molar-refractivity contribution in [3.8, 4) is 23.0 Å². The van der Waals surface area contributed by atoms with Crippen molar-refractivity contribution in [3.05, 3.63) is 106 Å². The summed E-state index contributed by atoms with van der Waals surface area (Å²) in [6.07, 6.45) is 0. The zero-order valence-electron chi connectivity index (χ0n) is 17.4. The standard InChI is InChI=1S/C24H17F2N3O4S/c25-23(26)33-18-13-7-8-15(14-18)27-20(30)19-21(31)28(16-9-3-1-4-10-16)24(34)29(22(19)32)17-11-5-2-6-12-17/h1-14,23,31H,(H,27,30). The molecule has 34 heavy (non-hydrogen) atoms. The van der Waals surface area contributed by atoms with Crippen LogP contribution < -0.4 is 15.6 Å². The topological polar surface area (TPSA) is 85.5 Å². The Morgan fingerprint density at radius 1 is 0.912 bits per heavy atom. The Labute approximate surface area is 197 Å². The first-order chi connectivity index (χ1) is 16.4. The van der Waals surface area contributed by atoms with Gasteiger partial charge in [0, 0.05) is 11.8 Å². The summed E-state index contributed by atoms with van der Waals surface area (Å²) in [5.41, 5.74) is -0.526. The third-order valence-corrected chi connectivity index (χ3v) is 5.17. The van der Waals surface area contributed by atoms with Gasteiger partial charge in [-0.3, -0.25) is 18.7 Å². The van der Waals surface area contributed by atoms with E-state index in [1.54, 1.807) is 60.7 Å². The Bertz CT molecular complexity index is 1460. The number of anilines is 1. The predicted octanol–water partition coefficient (Wildman–Crippen LogP) is 4.92. The summed E-state index contributed by atoms with van der Waals surface area (Å²) < 4.78 is 31.7. The highest BCUT2D eigenvalue weighted by atomic mass is 32.1. The summed E-state index contributed by atoms with van der Waals surface area (Å²) in [6.45, 7) is -3.04. The lowest BCUT2D eigenvalue weighted by Crippen LogP contribution is -2.32. The number of nitrogens with zero attached hydrogens (tertiary/aromatic N) is 2. The van der Waals surface area contributed by atoms with Gasteiger partial charge in [0.25, 0.3) is 11.5 Å². The molecular formula is C24H17F2N3O4S. The SMILES string of the molecule is O=C(Nc1cccc(OC(F)F)c1)c1c(O)n(-c2ccccc2)c(=S)n(-c2ccccc2)c1=O. The maximum atomic E-state index is 13.4. The lowest BCUT2D eigenvalue weighted by Gasteiger charge is -2.17. The van der Waals surface area contributed by atoms with E-state index in [2.05, 4.69) is 10.1 Å². The van der Waals surface area contributed by atoms with E-state index >= 15 is 0 Å². The molecular weight excluding hydrogens is 464 g/mol. The van der Waals surface area contributed by atoms with Crippen LogP contribution in [0, 0.1) is 4.77 Å². The van der Waals surface area contributed by atoms with E-state index in [1.165, 1.54) is 28.8 Å². The number of ether oxygens (including phenoxy) is 1. The van der Waals surface area contributed by atoms with Crippen molar-refractivity contribution in [2.75, 3.05) is 5.32 Å². The zero-order chi connectivity index (χ0) is 24.2. The molecule has 0 aliphatic heterocycles. The molecule has 0 saturated heterocycles. The number of rotatable bonds is 6. The summed E-state index contributed by atoms with van der Waals surface area (Å²) in [7, 11) is 0. The Morgan fingerprint density at radius 3 is 2.09 bits per heavy atom. The molecule has 0 spiro atoms. The van der Waals surface area contributed by atoms with Crippen LogP contribution in [-0.4, -0.2) is 26.8 Å². The number of aromatic nitrogens is 2. The van der Waals surface area contributed by atoms with Crippen molar-refractivity contribution in [2.45, 2.75) is 6.61 Å².